The van der Waals surface area contributed by atoms with E-state index >= 15 is 0 Å². The molecule has 0 aromatic heterocycles. The van der Waals surface area contributed by atoms with Gasteiger partial charge in [-0.1, -0.05) is 18.6 Å². The Labute approximate surface area is 156 Å². The van der Waals surface area contributed by atoms with E-state index in [0.29, 0.717) is 17.1 Å². The molecule has 0 aromatic carbocycles. The van der Waals surface area contributed by atoms with Crippen molar-refractivity contribution >= 4 is 11.6 Å². The van der Waals surface area contributed by atoms with Gasteiger partial charge in [0.1, 0.15) is 5.78 Å². The molecular weight excluding hydrogens is 320 g/mol. The number of carbonyl (C=O) groups excluding carboxylic acids is 2. The molecule has 7 atom stereocenters. The summed E-state index contributed by atoms with van der Waals surface area (Å²) in [4.78, 5) is 24.6. The Morgan fingerprint density at radius 1 is 1.00 bits per heavy atom. The van der Waals surface area contributed by atoms with Crippen LogP contribution in [0, 0.1) is 39.9 Å². The van der Waals surface area contributed by atoms with Gasteiger partial charge in [0.15, 0.2) is 5.78 Å². The molecule has 6 unspecified atom stereocenters. The highest BCUT2D eigenvalue weighted by Crippen LogP contribution is 2.79. The van der Waals surface area contributed by atoms with Crippen molar-refractivity contribution in [2.24, 2.45) is 39.9 Å². The molecule has 0 amide bonds. The van der Waals surface area contributed by atoms with Gasteiger partial charge < -0.3 is 0 Å². The molecule has 6 rings (SSSR count). The SMILES string of the molecule is CC12C=CC(=O)C=C1CCC1C2CCC23CC2[C@]2(CCCC2=O)CCC13. The Bertz CT molecular complexity index is 775. The van der Waals surface area contributed by atoms with Crippen molar-refractivity contribution in [3.63, 3.8) is 0 Å². The third kappa shape index (κ3) is 1.71. The first-order valence-corrected chi connectivity index (χ1v) is 11.0. The van der Waals surface area contributed by atoms with E-state index in [1.165, 1.54) is 50.5 Å². The maximum Gasteiger partial charge on any atom is 0.178 e. The fraction of sp³-hybridized carbons (Fsp3) is 0.750. The Morgan fingerprint density at radius 2 is 1.85 bits per heavy atom. The number of allylic oxidation sites excluding steroid dienone is 4. The molecule has 2 nitrogen and oxygen atoms in total. The van der Waals surface area contributed by atoms with Crippen LogP contribution in [0.4, 0.5) is 0 Å². The van der Waals surface area contributed by atoms with E-state index < -0.39 is 0 Å². The highest BCUT2D eigenvalue weighted by Gasteiger charge is 2.73. The largest absolute Gasteiger partial charge is 0.299 e. The molecule has 0 radical (unpaired) electrons. The van der Waals surface area contributed by atoms with Crippen molar-refractivity contribution in [3.05, 3.63) is 23.8 Å². The smallest absolute Gasteiger partial charge is 0.178 e. The summed E-state index contributed by atoms with van der Waals surface area (Å²) in [7, 11) is 0. The van der Waals surface area contributed by atoms with E-state index in [1.807, 2.05) is 12.2 Å². The average Bonchev–Trinajstić information content (AvgIpc) is 3.26. The van der Waals surface area contributed by atoms with E-state index in [1.54, 1.807) is 0 Å². The molecule has 2 heteroatoms. The van der Waals surface area contributed by atoms with Gasteiger partial charge in [-0.15, -0.1) is 0 Å². The van der Waals surface area contributed by atoms with Crippen molar-refractivity contribution in [2.45, 2.75) is 71.1 Å². The summed E-state index contributed by atoms with van der Waals surface area (Å²) in [6, 6.07) is 0. The molecule has 6 aliphatic carbocycles. The fourth-order valence-electron chi connectivity index (χ4n) is 8.87. The van der Waals surface area contributed by atoms with E-state index in [9.17, 15) is 9.59 Å². The molecule has 0 saturated heterocycles. The average molecular weight is 351 g/mol. The van der Waals surface area contributed by atoms with E-state index in [2.05, 4.69) is 13.0 Å². The minimum Gasteiger partial charge on any atom is -0.299 e. The summed E-state index contributed by atoms with van der Waals surface area (Å²) < 4.78 is 0. The maximum absolute atomic E-state index is 12.8. The third-order valence-electron chi connectivity index (χ3n) is 10.1. The first kappa shape index (κ1) is 15.8. The first-order chi connectivity index (χ1) is 12.5. The van der Waals surface area contributed by atoms with Crippen molar-refractivity contribution < 1.29 is 9.59 Å². The molecule has 138 valence electrons. The number of hydrogen-bond acceptors (Lipinski definition) is 2. The zero-order chi connectivity index (χ0) is 17.7. The topological polar surface area (TPSA) is 34.1 Å². The van der Waals surface area contributed by atoms with Gasteiger partial charge in [0, 0.05) is 17.3 Å². The molecule has 0 N–H and O–H groups in total. The lowest BCUT2D eigenvalue weighted by Crippen LogP contribution is -2.50. The molecule has 0 heterocycles. The molecule has 0 bridgehead atoms. The van der Waals surface area contributed by atoms with E-state index in [-0.39, 0.29) is 16.6 Å². The zero-order valence-electron chi connectivity index (χ0n) is 15.9. The number of fused-ring (bicyclic) bond motifs is 5. The number of rotatable bonds is 0. The molecule has 5 fully saturated rings. The van der Waals surface area contributed by atoms with Gasteiger partial charge in [0.25, 0.3) is 0 Å². The standard InChI is InChI=1S/C24H30O2/c1-22-10-6-16(25)13-15(22)4-5-17-18(22)7-12-24-14-20(24)23(11-8-19(17)24)9-2-3-21(23)26/h6,10,13,17-20H,2-5,7-9,11-12,14H2,1H3/t17?,18?,19?,20?,22?,23-,24?/m0/s1. The Hall–Kier alpha value is -1.18. The lowest BCUT2D eigenvalue weighted by atomic mass is 9.47. The summed E-state index contributed by atoms with van der Waals surface area (Å²) in [5.74, 6) is 3.88. The number of ketones is 2. The molecule has 5 saturated carbocycles. The number of hydrogen-bond donors (Lipinski definition) is 0. The summed E-state index contributed by atoms with van der Waals surface area (Å²) in [6.07, 6.45) is 18.0. The Morgan fingerprint density at radius 3 is 2.65 bits per heavy atom. The van der Waals surface area contributed by atoms with Crippen molar-refractivity contribution in [3.8, 4) is 0 Å². The quantitative estimate of drug-likeness (QED) is 0.614. The summed E-state index contributed by atoms with van der Waals surface area (Å²) in [5, 5.41) is 0. The number of Topliss-reactive ketones (excluding diaryl/α,β-unsaturated/α-hetero) is 1. The van der Waals surface area contributed by atoms with Gasteiger partial charge >= 0.3 is 0 Å². The van der Waals surface area contributed by atoms with Gasteiger partial charge in [-0.3, -0.25) is 9.59 Å². The fourth-order valence-corrected chi connectivity index (χ4v) is 8.87. The predicted molar refractivity (Wildman–Crippen MR) is 100 cm³/mol. The van der Waals surface area contributed by atoms with Gasteiger partial charge in [0.2, 0.25) is 0 Å². The summed E-state index contributed by atoms with van der Waals surface area (Å²) in [5.41, 5.74) is 2.13. The Balaban J connectivity index is 1.34. The van der Waals surface area contributed by atoms with Crippen LogP contribution in [0.15, 0.2) is 23.8 Å². The van der Waals surface area contributed by atoms with Crippen LogP contribution < -0.4 is 0 Å². The van der Waals surface area contributed by atoms with Crippen LogP contribution in [0.1, 0.15) is 71.1 Å². The second-order valence-corrected chi connectivity index (χ2v) is 10.6. The van der Waals surface area contributed by atoms with Crippen LogP contribution in [0.25, 0.3) is 0 Å². The van der Waals surface area contributed by atoms with Crippen LogP contribution in [0.3, 0.4) is 0 Å². The van der Waals surface area contributed by atoms with Gasteiger partial charge in [-0.25, -0.2) is 0 Å². The van der Waals surface area contributed by atoms with Gasteiger partial charge in [-0.05, 0) is 99.0 Å². The van der Waals surface area contributed by atoms with Crippen LogP contribution in [0.5, 0.6) is 0 Å². The predicted octanol–water partition coefficient (Wildman–Crippen LogP) is 5.03. The highest BCUT2D eigenvalue weighted by atomic mass is 16.1. The summed E-state index contributed by atoms with van der Waals surface area (Å²) >= 11 is 0. The Kier molecular flexibility index (Phi) is 2.93. The van der Waals surface area contributed by atoms with Gasteiger partial charge in [0.05, 0.1) is 0 Å². The molecule has 26 heavy (non-hydrogen) atoms. The van der Waals surface area contributed by atoms with E-state index in [0.717, 1.165) is 37.0 Å². The normalized spacial score (nSPS) is 54.3. The minimum absolute atomic E-state index is 0.101. The molecule has 0 aromatic rings. The van der Waals surface area contributed by atoms with Gasteiger partial charge in [-0.2, -0.15) is 0 Å². The lowest BCUT2D eigenvalue weighted by Gasteiger charge is -2.57. The summed E-state index contributed by atoms with van der Waals surface area (Å²) in [6.45, 7) is 2.39. The van der Waals surface area contributed by atoms with Crippen LogP contribution in [-0.4, -0.2) is 11.6 Å². The molecule has 2 spiro atoms. The van der Waals surface area contributed by atoms with Crippen LogP contribution in [0.2, 0.25) is 0 Å². The third-order valence-corrected chi connectivity index (χ3v) is 10.1. The molecule has 6 aliphatic rings. The first-order valence-electron chi connectivity index (χ1n) is 11.0. The van der Waals surface area contributed by atoms with Crippen molar-refractivity contribution in [2.75, 3.05) is 0 Å². The number of carbonyl (C=O) groups is 2. The highest BCUT2D eigenvalue weighted by molar-refractivity contribution is 6.01. The van der Waals surface area contributed by atoms with Crippen LogP contribution in [-0.2, 0) is 9.59 Å². The molecule has 0 aliphatic heterocycles. The van der Waals surface area contributed by atoms with E-state index in [4.69, 9.17) is 0 Å². The van der Waals surface area contributed by atoms with Crippen molar-refractivity contribution in [1.29, 1.82) is 0 Å². The minimum atomic E-state index is 0.101. The second kappa shape index (κ2) is 4.80. The zero-order valence-corrected chi connectivity index (χ0v) is 15.9. The van der Waals surface area contributed by atoms with Crippen molar-refractivity contribution in [1.82, 2.24) is 0 Å². The molecular formula is C24H30O2. The maximum atomic E-state index is 12.8. The monoisotopic (exact) mass is 350 g/mol. The second-order valence-electron chi connectivity index (χ2n) is 10.6. The van der Waals surface area contributed by atoms with Crippen LogP contribution >= 0.6 is 0 Å². The lowest BCUT2D eigenvalue weighted by molar-refractivity contribution is -0.132.